The van der Waals surface area contributed by atoms with Crippen LogP contribution in [-0.4, -0.2) is 0 Å². The summed E-state index contributed by atoms with van der Waals surface area (Å²) >= 11 is 0. The van der Waals surface area contributed by atoms with E-state index in [1.807, 2.05) is 84.9 Å². The maximum atomic E-state index is 8.91. The summed E-state index contributed by atoms with van der Waals surface area (Å²) in [5.74, 6) is 0. The molecule has 178 valence electrons. The molecule has 0 fully saturated rings. The van der Waals surface area contributed by atoms with Gasteiger partial charge in [0.15, 0.2) is 0 Å². The SMILES string of the molecule is [2H]c1c([2H])c([2H])c(-c2ccc3c(-c4ccc(-c5ccccc5)cc4)c4ccccc4c(-c4c([2H])c([2H])c([2H])c([2H])c4[2H])c3c2)c([2H])c1[2H]. The van der Waals surface area contributed by atoms with Crippen LogP contribution in [-0.2, 0) is 0 Å². The van der Waals surface area contributed by atoms with Gasteiger partial charge in [0.05, 0.1) is 13.7 Å². The molecule has 0 saturated carbocycles. The van der Waals surface area contributed by atoms with Crippen molar-refractivity contribution in [3.8, 4) is 44.5 Å². The van der Waals surface area contributed by atoms with E-state index in [0.29, 0.717) is 27.3 Å². The molecule has 38 heavy (non-hydrogen) atoms. The highest BCUT2D eigenvalue weighted by atomic mass is 14.2. The van der Waals surface area contributed by atoms with Gasteiger partial charge in [-0.05, 0) is 72.1 Å². The van der Waals surface area contributed by atoms with E-state index in [1.165, 1.54) is 0 Å². The second-order valence-electron chi connectivity index (χ2n) is 9.00. The van der Waals surface area contributed by atoms with Crippen LogP contribution in [0.2, 0.25) is 0 Å². The van der Waals surface area contributed by atoms with Crippen molar-refractivity contribution in [1.82, 2.24) is 0 Å². The lowest BCUT2D eigenvalue weighted by molar-refractivity contribution is 1.61. The zero-order chi connectivity index (χ0) is 34.0. The number of rotatable bonds is 4. The Balaban J connectivity index is 1.63. The van der Waals surface area contributed by atoms with Gasteiger partial charge in [0, 0.05) is 0 Å². The standard InChI is InChI=1S/C38H26/c1-4-12-27(13-5-1)29-20-22-31(23-21-29)37-33-18-10-11-19-34(33)38(30-16-8-3-9-17-30)36-26-32(24-25-35(36)37)28-14-6-2-7-15-28/h1-26H/i2D,3D,6D,7D,8D,9D,14D,15D,16D,17D. The maximum absolute atomic E-state index is 8.91. The quantitative estimate of drug-likeness (QED) is 0.214. The van der Waals surface area contributed by atoms with E-state index in [9.17, 15) is 0 Å². The maximum Gasteiger partial charge on any atom is 0.0629 e. The van der Waals surface area contributed by atoms with Crippen LogP contribution in [0, 0.1) is 0 Å². The summed E-state index contributed by atoms with van der Waals surface area (Å²) in [6, 6.07) is 26.6. The van der Waals surface area contributed by atoms with Crippen LogP contribution in [0.25, 0.3) is 66.1 Å². The summed E-state index contributed by atoms with van der Waals surface area (Å²) in [7, 11) is 0. The van der Waals surface area contributed by atoms with Gasteiger partial charge in [0.1, 0.15) is 0 Å². The summed E-state index contributed by atoms with van der Waals surface area (Å²) in [5.41, 5.74) is 4.61. The van der Waals surface area contributed by atoms with Crippen LogP contribution in [0.15, 0.2) is 157 Å². The Bertz CT molecular complexity index is 2380. The van der Waals surface area contributed by atoms with Gasteiger partial charge in [-0.1, -0.05) is 151 Å². The molecule has 0 atom stereocenters. The predicted octanol–water partition coefficient (Wildman–Crippen LogP) is 10.7. The normalized spacial score (nSPS) is 14.8. The van der Waals surface area contributed by atoms with Gasteiger partial charge in [0.25, 0.3) is 0 Å². The molecule has 0 radical (unpaired) electrons. The number of hydrogen-bond acceptors (Lipinski definition) is 0. The first-order valence-electron chi connectivity index (χ1n) is 17.3. The lowest BCUT2D eigenvalue weighted by Crippen LogP contribution is -1.92. The molecule has 0 spiro atoms. The lowest BCUT2D eigenvalue weighted by Gasteiger charge is -2.19. The van der Waals surface area contributed by atoms with Gasteiger partial charge in [-0.15, -0.1) is 0 Å². The second kappa shape index (κ2) is 9.50. The largest absolute Gasteiger partial charge is 0.0629 e. The Morgan fingerprint density at radius 1 is 0.316 bits per heavy atom. The van der Waals surface area contributed by atoms with Crippen molar-refractivity contribution in [2.45, 2.75) is 0 Å². The Kier molecular flexibility index (Phi) is 3.53. The minimum Gasteiger partial charge on any atom is -0.0622 e. The highest BCUT2D eigenvalue weighted by Crippen LogP contribution is 2.44. The molecule has 0 N–H and O–H groups in total. The van der Waals surface area contributed by atoms with Gasteiger partial charge in [-0.3, -0.25) is 0 Å². The minimum absolute atomic E-state index is 0.0110. The van der Waals surface area contributed by atoms with Crippen LogP contribution in [0.5, 0.6) is 0 Å². The average Bonchev–Trinajstić information content (AvgIpc) is 3.12. The van der Waals surface area contributed by atoms with E-state index >= 15 is 0 Å². The summed E-state index contributed by atoms with van der Waals surface area (Å²) in [6.07, 6.45) is 0. The molecule has 0 unspecified atom stereocenters. The topological polar surface area (TPSA) is 0 Å². The fourth-order valence-electron chi connectivity index (χ4n) is 5.14. The Hall–Kier alpha value is -4.94. The third-order valence-electron chi connectivity index (χ3n) is 6.84. The monoisotopic (exact) mass is 492 g/mol. The van der Waals surface area contributed by atoms with Gasteiger partial charge >= 0.3 is 0 Å². The van der Waals surface area contributed by atoms with Crippen molar-refractivity contribution < 1.29 is 13.7 Å². The molecule has 0 heteroatoms. The third-order valence-corrected chi connectivity index (χ3v) is 6.84. The average molecular weight is 493 g/mol. The van der Waals surface area contributed by atoms with E-state index in [4.69, 9.17) is 13.7 Å². The molecule has 0 bridgehead atoms. The van der Waals surface area contributed by atoms with Gasteiger partial charge in [-0.25, -0.2) is 0 Å². The zero-order valence-corrected chi connectivity index (χ0v) is 20.2. The van der Waals surface area contributed by atoms with E-state index < -0.39 is 36.3 Å². The number of hydrogen-bond donors (Lipinski definition) is 0. The molecule has 7 aromatic carbocycles. The van der Waals surface area contributed by atoms with Crippen molar-refractivity contribution in [3.63, 3.8) is 0 Å². The molecule has 0 aromatic heterocycles. The van der Waals surface area contributed by atoms with Crippen LogP contribution >= 0.6 is 0 Å². The molecular formula is C38H26. The molecule has 0 aliphatic heterocycles. The molecule has 0 heterocycles. The smallest absolute Gasteiger partial charge is 0.0622 e. The Morgan fingerprint density at radius 3 is 1.45 bits per heavy atom. The van der Waals surface area contributed by atoms with Gasteiger partial charge < -0.3 is 0 Å². The van der Waals surface area contributed by atoms with E-state index in [-0.39, 0.29) is 35.3 Å². The summed E-state index contributed by atoms with van der Waals surface area (Å²) < 4.78 is 84.8. The minimum atomic E-state index is -0.502. The van der Waals surface area contributed by atoms with Gasteiger partial charge in [0.2, 0.25) is 0 Å². The van der Waals surface area contributed by atoms with Crippen molar-refractivity contribution in [2.75, 3.05) is 0 Å². The number of fused-ring (bicyclic) bond motifs is 2. The van der Waals surface area contributed by atoms with E-state index in [2.05, 4.69) is 0 Å². The summed E-state index contributed by atoms with van der Waals surface area (Å²) in [5, 5.41) is 2.66. The van der Waals surface area contributed by atoms with Crippen molar-refractivity contribution in [3.05, 3.63) is 157 Å². The van der Waals surface area contributed by atoms with E-state index in [1.54, 1.807) is 12.1 Å². The zero-order valence-electron chi connectivity index (χ0n) is 30.2. The Morgan fingerprint density at radius 2 is 0.789 bits per heavy atom. The molecule has 7 rings (SSSR count). The molecule has 0 nitrogen and oxygen atoms in total. The van der Waals surface area contributed by atoms with Crippen LogP contribution in [0.3, 0.4) is 0 Å². The van der Waals surface area contributed by atoms with E-state index in [0.717, 1.165) is 27.6 Å². The van der Waals surface area contributed by atoms with Crippen molar-refractivity contribution in [1.29, 1.82) is 0 Å². The molecular weight excluding hydrogens is 456 g/mol. The van der Waals surface area contributed by atoms with Crippen molar-refractivity contribution in [2.24, 2.45) is 0 Å². The Labute approximate surface area is 237 Å². The predicted molar refractivity (Wildman–Crippen MR) is 163 cm³/mol. The second-order valence-corrected chi connectivity index (χ2v) is 9.00. The van der Waals surface area contributed by atoms with Gasteiger partial charge in [-0.2, -0.15) is 0 Å². The molecule has 0 aliphatic rings. The first-order chi connectivity index (χ1) is 23.0. The third kappa shape index (κ3) is 3.88. The molecule has 0 aliphatic carbocycles. The fourth-order valence-corrected chi connectivity index (χ4v) is 5.14. The van der Waals surface area contributed by atoms with Crippen LogP contribution < -0.4 is 0 Å². The lowest BCUT2D eigenvalue weighted by atomic mass is 9.84. The number of benzene rings is 7. The first-order valence-corrected chi connectivity index (χ1v) is 12.3. The molecule has 0 saturated heterocycles. The van der Waals surface area contributed by atoms with Crippen LogP contribution in [0.4, 0.5) is 0 Å². The first kappa shape index (κ1) is 14.1. The van der Waals surface area contributed by atoms with Crippen LogP contribution in [0.1, 0.15) is 13.7 Å². The molecule has 0 amide bonds. The molecule has 7 aromatic rings. The van der Waals surface area contributed by atoms with Crippen molar-refractivity contribution >= 4 is 21.5 Å². The summed E-state index contributed by atoms with van der Waals surface area (Å²) in [6.45, 7) is 0. The fraction of sp³-hybridized carbons (Fsp3) is 0. The summed E-state index contributed by atoms with van der Waals surface area (Å²) in [4.78, 5) is 0. The highest BCUT2D eigenvalue weighted by Gasteiger charge is 2.17. The highest BCUT2D eigenvalue weighted by molar-refractivity contribution is 6.22.